The standard InChI is InChI=1S/C15H19F4NO/c16-13-10-11(15(17,18)19)6-7-14(13)20(8-9-21)12-4-2-1-3-5-12/h6-7,10,12,21H,1-5,8-9H2. The van der Waals surface area contributed by atoms with Gasteiger partial charge < -0.3 is 10.0 Å². The van der Waals surface area contributed by atoms with Crippen LogP contribution in [0, 0.1) is 5.82 Å². The van der Waals surface area contributed by atoms with Crippen LogP contribution < -0.4 is 4.90 Å². The molecule has 1 aliphatic carbocycles. The molecule has 0 saturated heterocycles. The maximum atomic E-state index is 14.1. The van der Waals surface area contributed by atoms with Crippen LogP contribution in [0.15, 0.2) is 18.2 Å². The van der Waals surface area contributed by atoms with Crippen molar-refractivity contribution in [2.45, 2.75) is 44.3 Å². The molecule has 0 amide bonds. The van der Waals surface area contributed by atoms with Crippen LogP contribution >= 0.6 is 0 Å². The largest absolute Gasteiger partial charge is 0.416 e. The molecule has 0 heterocycles. The topological polar surface area (TPSA) is 23.5 Å². The summed E-state index contributed by atoms with van der Waals surface area (Å²) in [4.78, 5) is 1.70. The summed E-state index contributed by atoms with van der Waals surface area (Å²) in [6, 6.07) is 2.67. The molecule has 6 heteroatoms. The number of nitrogens with zero attached hydrogens (tertiary/aromatic N) is 1. The molecule has 1 aliphatic rings. The lowest BCUT2D eigenvalue weighted by Gasteiger charge is -2.36. The van der Waals surface area contributed by atoms with Crippen molar-refractivity contribution >= 4 is 5.69 Å². The van der Waals surface area contributed by atoms with E-state index in [1.165, 1.54) is 6.07 Å². The smallest absolute Gasteiger partial charge is 0.395 e. The predicted molar refractivity (Wildman–Crippen MR) is 72.7 cm³/mol. The monoisotopic (exact) mass is 305 g/mol. The molecule has 2 nitrogen and oxygen atoms in total. The van der Waals surface area contributed by atoms with Crippen molar-refractivity contribution in [3.8, 4) is 0 Å². The molecule has 0 aliphatic heterocycles. The first-order valence-corrected chi connectivity index (χ1v) is 7.17. The molecule has 118 valence electrons. The minimum atomic E-state index is -4.55. The van der Waals surface area contributed by atoms with Crippen LogP contribution in [-0.2, 0) is 6.18 Å². The summed E-state index contributed by atoms with van der Waals surface area (Å²) >= 11 is 0. The van der Waals surface area contributed by atoms with Gasteiger partial charge in [0, 0.05) is 12.6 Å². The Kier molecular flexibility index (Phi) is 5.08. The van der Waals surface area contributed by atoms with Gasteiger partial charge in [0.15, 0.2) is 0 Å². The molecule has 1 saturated carbocycles. The Morgan fingerprint density at radius 3 is 2.33 bits per heavy atom. The number of benzene rings is 1. The molecule has 1 aromatic carbocycles. The van der Waals surface area contributed by atoms with Crippen molar-refractivity contribution in [1.29, 1.82) is 0 Å². The van der Waals surface area contributed by atoms with Crippen LogP contribution in [0.5, 0.6) is 0 Å². The molecule has 0 atom stereocenters. The first kappa shape index (κ1) is 16.1. The van der Waals surface area contributed by atoms with E-state index in [1.807, 2.05) is 0 Å². The second-order valence-corrected chi connectivity index (χ2v) is 5.37. The summed E-state index contributed by atoms with van der Waals surface area (Å²) in [6.45, 7) is 0.0733. The van der Waals surface area contributed by atoms with E-state index in [4.69, 9.17) is 5.11 Å². The fourth-order valence-electron chi connectivity index (χ4n) is 2.92. The quantitative estimate of drug-likeness (QED) is 0.851. The summed E-state index contributed by atoms with van der Waals surface area (Å²) in [5, 5.41) is 9.16. The molecule has 0 spiro atoms. The zero-order valence-electron chi connectivity index (χ0n) is 11.7. The van der Waals surface area contributed by atoms with Crippen molar-refractivity contribution in [3.63, 3.8) is 0 Å². The number of aliphatic hydroxyl groups is 1. The molecule has 1 fully saturated rings. The Morgan fingerprint density at radius 1 is 1.14 bits per heavy atom. The average Bonchev–Trinajstić information content (AvgIpc) is 2.45. The Balaban J connectivity index is 2.27. The van der Waals surface area contributed by atoms with Crippen LogP contribution in [0.3, 0.4) is 0 Å². The lowest BCUT2D eigenvalue weighted by molar-refractivity contribution is -0.137. The Bertz CT molecular complexity index is 469. The summed E-state index contributed by atoms with van der Waals surface area (Å²) in [6.07, 6.45) is 0.371. The van der Waals surface area contributed by atoms with Crippen LogP contribution in [0.4, 0.5) is 23.2 Å². The normalized spacial score (nSPS) is 17.0. The van der Waals surface area contributed by atoms with E-state index in [0.29, 0.717) is 6.07 Å². The lowest BCUT2D eigenvalue weighted by atomic mass is 9.93. The van der Waals surface area contributed by atoms with Gasteiger partial charge in [-0.05, 0) is 31.0 Å². The van der Waals surface area contributed by atoms with Crippen molar-refractivity contribution in [3.05, 3.63) is 29.6 Å². The molecule has 2 rings (SSSR count). The van der Waals surface area contributed by atoms with E-state index in [1.54, 1.807) is 4.90 Å². The highest BCUT2D eigenvalue weighted by Gasteiger charge is 2.32. The molecule has 1 N–H and O–H groups in total. The van der Waals surface area contributed by atoms with Gasteiger partial charge in [0.25, 0.3) is 0 Å². The first-order valence-electron chi connectivity index (χ1n) is 7.17. The van der Waals surface area contributed by atoms with Crippen LogP contribution in [0.1, 0.15) is 37.7 Å². The van der Waals surface area contributed by atoms with Crippen molar-refractivity contribution in [2.24, 2.45) is 0 Å². The summed E-state index contributed by atoms with van der Waals surface area (Å²) in [7, 11) is 0. The number of aliphatic hydroxyl groups excluding tert-OH is 1. The lowest BCUT2D eigenvalue weighted by Crippen LogP contribution is -2.39. The number of alkyl halides is 3. The highest BCUT2D eigenvalue weighted by atomic mass is 19.4. The summed E-state index contributed by atoms with van der Waals surface area (Å²) in [5.41, 5.74) is -0.847. The maximum Gasteiger partial charge on any atom is 0.416 e. The van der Waals surface area contributed by atoms with E-state index in [-0.39, 0.29) is 24.9 Å². The highest BCUT2D eigenvalue weighted by molar-refractivity contribution is 5.50. The third-order valence-corrected chi connectivity index (χ3v) is 3.94. The number of hydrogen-bond donors (Lipinski definition) is 1. The zero-order valence-corrected chi connectivity index (χ0v) is 11.7. The van der Waals surface area contributed by atoms with E-state index in [9.17, 15) is 17.6 Å². The van der Waals surface area contributed by atoms with E-state index in [0.717, 1.165) is 38.2 Å². The van der Waals surface area contributed by atoms with Gasteiger partial charge in [-0.25, -0.2) is 4.39 Å². The van der Waals surface area contributed by atoms with Gasteiger partial charge in [-0.1, -0.05) is 19.3 Å². The van der Waals surface area contributed by atoms with Crippen molar-refractivity contribution in [2.75, 3.05) is 18.1 Å². The fourth-order valence-corrected chi connectivity index (χ4v) is 2.92. The third kappa shape index (κ3) is 3.87. The number of hydrogen-bond acceptors (Lipinski definition) is 2. The third-order valence-electron chi connectivity index (χ3n) is 3.94. The number of rotatable bonds is 4. The molecular weight excluding hydrogens is 286 g/mol. The van der Waals surface area contributed by atoms with Gasteiger partial charge in [-0.2, -0.15) is 13.2 Å². The minimum absolute atomic E-state index is 0.0807. The fraction of sp³-hybridized carbons (Fsp3) is 0.600. The summed E-state index contributed by atoms with van der Waals surface area (Å²) in [5.74, 6) is -0.885. The second kappa shape index (κ2) is 6.64. The molecule has 21 heavy (non-hydrogen) atoms. The molecule has 0 aromatic heterocycles. The van der Waals surface area contributed by atoms with Gasteiger partial charge in [-0.15, -0.1) is 0 Å². The van der Waals surface area contributed by atoms with E-state index in [2.05, 4.69) is 0 Å². The van der Waals surface area contributed by atoms with Gasteiger partial charge in [-0.3, -0.25) is 0 Å². The van der Waals surface area contributed by atoms with Crippen LogP contribution in [0.2, 0.25) is 0 Å². The average molecular weight is 305 g/mol. The van der Waals surface area contributed by atoms with E-state index >= 15 is 0 Å². The minimum Gasteiger partial charge on any atom is -0.395 e. The van der Waals surface area contributed by atoms with Gasteiger partial charge in [0.2, 0.25) is 0 Å². The van der Waals surface area contributed by atoms with Gasteiger partial charge in [0.1, 0.15) is 5.82 Å². The van der Waals surface area contributed by atoms with Gasteiger partial charge >= 0.3 is 6.18 Å². The zero-order chi connectivity index (χ0) is 15.5. The summed E-state index contributed by atoms with van der Waals surface area (Å²) < 4.78 is 51.8. The molecule has 1 aromatic rings. The molecule has 0 bridgehead atoms. The maximum absolute atomic E-state index is 14.1. The van der Waals surface area contributed by atoms with Crippen LogP contribution in [0.25, 0.3) is 0 Å². The second-order valence-electron chi connectivity index (χ2n) is 5.37. The van der Waals surface area contributed by atoms with Crippen molar-refractivity contribution < 1.29 is 22.7 Å². The highest BCUT2D eigenvalue weighted by Crippen LogP contribution is 2.34. The van der Waals surface area contributed by atoms with E-state index < -0.39 is 17.6 Å². The number of halogens is 4. The molecule has 0 unspecified atom stereocenters. The predicted octanol–water partition coefficient (Wildman–Crippen LogP) is 3.98. The number of anilines is 1. The first-order chi connectivity index (χ1) is 9.93. The Morgan fingerprint density at radius 2 is 1.81 bits per heavy atom. The SMILES string of the molecule is OCCN(c1ccc(C(F)(F)F)cc1F)C1CCCCC1. The Hall–Kier alpha value is -1.30. The Labute approximate surface area is 121 Å². The van der Waals surface area contributed by atoms with Crippen LogP contribution in [-0.4, -0.2) is 24.3 Å². The molecular formula is C15H19F4NO. The van der Waals surface area contributed by atoms with Gasteiger partial charge in [0.05, 0.1) is 17.9 Å². The molecule has 0 radical (unpaired) electrons. The van der Waals surface area contributed by atoms with Crippen molar-refractivity contribution in [1.82, 2.24) is 0 Å².